The molecule has 1 aliphatic heterocycles. The number of amides is 1. The molecule has 1 aliphatic rings. The van der Waals surface area contributed by atoms with Gasteiger partial charge in [-0.05, 0) is 43.3 Å². The van der Waals surface area contributed by atoms with Gasteiger partial charge in [0, 0.05) is 11.3 Å². The zero-order valence-electron chi connectivity index (χ0n) is 15.9. The number of carbonyl (C=O) groups excluding carboxylic acids is 2. The molecular weight excluding hydrogens is 439 g/mol. The number of aliphatic imine (C=N–C) groups is 1. The van der Waals surface area contributed by atoms with Gasteiger partial charge in [0.25, 0.3) is 15.9 Å². The quantitative estimate of drug-likeness (QED) is 0.672. The number of hydrogen-bond acceptors (Lipinski definition) is 6. The minimum absolute atomic E-state index is 0.0191. The third-order valence-corrected chi connectivity index (χ3v) is 5.58. The summed E-state index contributed by atoms with van der Waals surface area (Å²) in [5, 5.41) is 2.34. The van der Waals surface area contributed by atoms with Gasteiger partial charge in [0.2, 0.25) is 0 Å². The largest absolute Gasteiger partial charge is 0.451 e. The number of alkyl halides is 3. The van der Waals surface area contributed by atoms with Crippen LogP contribution in [0.4, 0.5) is 18.9 Å². The molecule has 1 heterocycles. The highest BCUT2D eigenvalue weighted by molar-refractivity contribution is 7.90. The van der Waals surface area contributed by atoms with E-state index in [9.17, 15) is 31.2 Å². The van der Waals surface area contributed by atoms with Crippen LogP contribution in [0.1, 0.15) is 18.1 Å². The maximum atomic E-state index is 12.6. The van der Waals surface area contributed by atoms with Crippen molar-refractivity contribution in [1.82, 2.24) is 4.72 Å². The van der Waals surface area contributed by atoms with E-state index in [-0.39, 0.29) is 16.4 Å². The molecular formula is C19H16F3N3O5S. The Morgan fingerprint density at radius 2 is 1.77 bits per heavy atom. The van der Waals surface area contributed by atoms with Gasteiger partial charge in [-0.2, -0.15) is 13.2 Å². The average Bonchev–Trinajstić information content (AvgIpc) is 2.96. The third kappa shape index (κ3) is 5.20. The van der Waals surface area contributed by atoms with Crippen molar-refractivity contribution in [1.29, 1.82) is 0 Å². The highest BCUT2D eigenvalue weighted by Gasteiger charge is 2.31. The Balaban J connectivity index is 1.57. The van der Waals surface area contributed by atoms with Crippen LogP contribution in [0.15, 0.2) is 58.4 Å². The van der Waals surface area contributed by atoms with Crippen molar-refractivity contribution < 1.29 is 35.9 Å². The van der Waals surface area contributed by atoms with E-state index >= 15 is 0 Å². The van der Waals surface area contributed by atoms with Crippen LogP contribution in [0.2, 0.25) is 0 Å². The van der Waals surface area contributed by atoms with Gasteiger partial charge in [0.15, 0.2) is 6.10 Å². The first-order chi connectivity index (χ1) is 14.5. The number of sulfonamides is 1. The summed E-state index contributed by atoms with van der Waals surface area (Å²) in [5.41, 5.74) is -0.463. The summed E-state index contributed by atoms with van der Waals surface area (Å²) < 4.78 is 68.9. The van der Waals surface area contributed by atoms with Crippen molar-refractivity contribution in [3.8, 4) is 0 Å². The van der Waals surface area contributed by atoms with Gasteiger partial charge in [0.1, 0.15) is 12.4 Å². The SMILES string of the molecule is CC(OC(=O)CN=C1NS(=O)(=O)c2ccccc21)C(=O)Nc1ccc(C(F)(F)F)cc1. The summed E-state index contributed by atoms with van der Waals surface area (Å²) in [7, 11) is -3.75. The number of amidine groups is 1. The van der Waals surface area contributed by atoms with Gasteiger partial charge >= 0.3 is 12.1 Å². The normalized spacial score (nSPS) is 16.8. The molecule has 3 rings (SSSR count). The highest BCUT2D eigenvalue weighted by Crippen LogP contribution is 2.29. The number of nitrogens with one attached hydrogen (secondary N) is 2. The summed E-state index contributed by atoms with van der Waals surface area (Å²) >= 11 is 0. The Morgan fingerprint density at radius 3 is 2.42 bits per heavy atom. The first-order valence-corrected chi connectivity index (χ1v) is 10.3. The molecule has 8 nitrogen and oxygen atoms in total. The number of ether oxygens (including phenoxy) is 1. The van der Waals surface area contributed by atoms with Gasteiger partial charge in [-0.1, -0.05) is 12.1 Å². The van der Waals surface area contributed by atoms with E-state index in [1.165, 1.54) is 19.1 Å². The lowest BCUT2D eigenvalue weighted by Gasteiger charge is -2.13. The summed E-state index contributed by atoms with van der Waals surface area (Å²) in [4.78, 5) is 28.0. The van der Waals surface area contributed by atoms with Crippen LogP contribution < -0.4 is 10.0 Å². The second-order valence-corrected chi connectivity index (χ2v) is 8.11. The fourth-order valence-corrected chi connectivity index (χ4v) is 3.92. The molecule has 2 aromatic carbocycles. The van der Waals surface area contributed by atoms with Crippen molar-refractivity contribution in [2.75, 3.05) is 11.9 Å². The number of hydrogen-bond donors (Lipinski definition) is 2. The van der Waals surface area contributed by atoms with E-state index in [0.717, 1.165) is 24.3 Å². The number of nitrogens with zero attached hydrogens (tertiary/aromatic N) is 1. The standard InChI is InChI=1S/C19H16F3N3O5S/c1-11(18(27)24-13-8-6-12(7-9-13)19(20,21)22)30-16(26)10-23-17-14-4-2-3-5-15(14)31(28,29)25-17/h2-9,11H,10H2,1H3,(H,23,25)(H,24,27). The van der Waals surface area contributed by atoms with Crippen LogP contribution in [0.25, 0.3) is 0 Å². The second-order valence-electron chi connectivity index (χ2n) is 6.46. The Morgan fingerprint density at radius 1 is 1.13 bits per heavy atom. The second kappa shape index (κ2) is 8.38. The van der Waals surface area contributed by atoms with Gasteiger partial charge in [-0.3, -0.25) is 19.3 Å². The molecule has 0 saturated carbocycles. The minimum atomic E-state index is -4.50. The lowest BCUT2D eigenvalue weighted by Crippen LogP contribution is -2.31. The van der Waals surface area contributed by atoms with Crippen molar-refractivity contribution in [2.45, 2.75) is 24.1 Å². The maximum absolute atomic E-state index is 12.6. The molecule has 12 heteroatoms. The first-order valence-electron chi connectivity index (χ1n) is 8.81. The number of benzene rings is 2. The molecule has 2 N–H and O–H groups in total. The molecule has 1 atom stereocenters. The lowest BCUT2D eigenvalue weighted by atomic mass is 10.2. The van der Waals surface area contributed by atoms with Crippen LogP contribution in [0, 0.1) is 0 Å². The molecule has 0 radical (unpaired) electrons. The number of rotatable bonds is 5. The van der Waals surface area contributed by atoms with Crippen LogP contribution in [-0.2, 0) is 30.5 Å². The number of esters is 1. The van der Waals surface area contributed by atoms with Crippen LogP contribution in [-0.4, -0.2) is 38.8 Å². The summed E-state index contributed by atoms with van der Waals surface area (Å²) in [5.74, 6) is -1.67. The Bertz CT molecular complexity index is 1150. The van der Waals surface area contributed by atoms with Crippen LogP contribution in [0.3, 0.4) is 0 Å². The molecule has 0 fully saturated rings. The lowest BCUT2D eigenvalue weighted by molar-refractivity contribution is -0.151. The van der Waals surface area contributed by atoms with E-state index in [4.69, 9.17) is 4.74 Å². The monoisotopic (exact) mass is 455 g/mol. The number of fused-ring (bicyclic) bond motifs is 1. The molecule has 0 aliphatic carbocycles. The van der Waals surface area contributed by atoms with E-state index in [1.54, 1.807) is 12.1 Å². The van der Waals surface area contributed by atoms with E-state index < -0.39 is 46.3 Å². The van der Waals surface area contributed by atoms with Crippen LogP contribution >= 0.6 is 0 Å². The molecule has 2 aromatic rings. The number of anilines is 1. The Hall–Kier alpha value is -3.41. The van der Waals surface area contributed by atoms with Gasteiger partial charge in [0.05, 0.1) is 10.5 Å². The van der Waals surface area contributed by atoms with E-state index in [1.807, 2.05) is 0 Å². The highest BCUT2D eigenvalue weighted by atomic mass is 32.2. The van der Waals surface area contributed by atoms with Gasteiger partial charge in [-0.25, -0.2) is 8.42 Å². The van der Waals surface area contributed by atoms with Crippen molar-refractivity contribution in [2.24, 2.45) is 4.99 Å². The molecule has 164 valence electrons. The van der Waals surface area contributed by atoms with E-state index in [0.29, 0.717) is 5.56 Å². The molecule has 0 bridgehead atoms. The molecule has 1 unspecified atom stereocenters. The maximum Gasteiger partial charge on any atom is 0.416 e. The average molecular weight is 455 g/mol. The number of carbonyl (C=O) groups is 2. The van der Waals surface area contributed by atoms with E-state index in [2.05, 4.69) is 15.0 Å². The fourth-order valence-electron chi connectivity index (χ4n) is 2.67. The summed E-state index contributed by atoms with van der Waals surface area (Å²) in [6.45, 7) is 0.724. The van der Waals surface area contributed by atoms with Crippen LogP contribution in [0.5, 0.6) is 0 Å². The fraction of sp³-hybridized carbons (Fsp3) is 0.211. The Kier molecular flexibility index (Phi) is 6.02. The smallest absolute Gasteiger partial charge is 0.416 e. The van der Waals surface area contributed by atoms with Crippen molar-refractivity contribution in [3.63, 3.8) is 0 Å². The van der Waals surface area contributed by atoms with Gasteiger partial charge in [-0.15, -0.1) is 0 Å². The molecule has 0 spiro atoms. The third-order valence-electron chi connectivity index (χ3n) is 4.19. The summed E-state index contributed by atoms with van der Waals surface area (Å²) in [6.07, 6.45) is -5.76. The minimum Gasteiger partial charge on any atom is -0.451 e. The summed E-state index contributed by atoms with van der Waals surface area (Å²) in [6, 6.07) is 9.85. The predicted molar refractivity (Wildman–Crippen MR) is 104 cm³/mol. The Labute approximate surface area is 175 Å². The molecule has 0 aromatic heterocycles. The first kappa shape index (κ1) is 22.3. The molecule has 1 amide bonds. The molecule has 31 heavy (non-hydrogen) atoms. The van der Waals surface area contributed by atoms with Gasteiger partial charge < -0.3 is 10.1 Å². The zero-order chi connectivity index (χ0) is 22.8. The molecule has 0 saturated heterocycles. The number of halogens is 3. The van der Waals surface area contributed by atoms with Crippen molar-refractivity contribution in [3.05, 3.63) is 59.7 Å². The zero-order valence-corrected chi connectivity index (χ0v) is 16.8. The predicted octanol–water partition coefficient (Wildman–Crippen LogP) is 2.31. The topological polar surface area (TPSA) is 114 Å². The van der Waals surface area contributed by atoms with Crippen molar-refractivity contribution >= 4 is 33.4 Å².